The summed E-state index contributed by atoms with van der Waals surface area (Å²) < 4.78 is 8.81. The van der Waals surface area contributed by atoms with Crippen molar-refractivity contribution in [2.24, 2.45) is 0 Å². The van der Waals surface area contributed by atoms with Gasteiger partial charge in [-0.15, -0.1) is 0 Å². The lowest BCUT2D eigenvalue weighted by Crippen LogP contribution is -2.09. The Morgan fingerprint density at radius 3 is 1.55 bits per heavy atom. The van der Waals surface area contributed by atoms with E-state index >= 15 is 0 Å². The number of anilines is 3. The summed E-state index contributed by atoms with van der Waals surface area (Å²) in [5, 5.41) is 4.75. The van der Waals surface area contributed by atoms with Gasteiger partial charge in [0.25, 0.3) is 0 Å². The topological polar surface area (TPSA) is 21.3 Å². The van der Waals surface area contributed by atoms with Crippen molar-refractivity contribution in [2.45, 2.75) is 13.8 Å². The molecule has 12 rings (SSSR count). The van der Waals surface area contributed by atoms with Gasteiger partial charge in [-0.3, -0.25) is 0 Å². The van der Waals surface area contributed by atoms with E-state index in [2.05, 4.69) is 242 Å². The Morgan fingerprint density at radius 2 is 0.862 bits per heavy atom. The third kappa shape index (κ3) is 6.86. The maximum atomic E-state index is 6.45. The summed E-state index contributed by atoms with van der Waals surface area (Å²) in [5.41, 5.74) is 20.5. The van der Waals surface area contributed by atoms with Gasteiger partial charge in [-0.05, 0) is 132 Å². The van der Waals surface area contributed by atoms with Crippen LogP contribution >= 0.6 is 0 Å². The SMILES string of the molecule is Cc1cc(C)cc(-c2cccc(-c3ccc(N(c4ccc(-c5ccc6c(c5)c5ccccc5n6-c5ccccc5)cc4)c4ccc(-c5cccc6c5oc5ccccc56)cc4)cc3)c2)c1. The normalized spacial score (nSPS) is 11.5. The first-order valence-corrected chi connectivity index (χ1v) is 22.3. The van der Waals surface area contributed by atoms with Gasteiger partial charge in [0, 0.05) is 49.9 Å². The van der Waals surface area contributed by atoms with Gasteiger partial charge in [-0.1, -0.05) is 163 Å². The minimum atomic E-state index is 0.903. The molecule has 2 heterocycles. The molecule has 0 atom stereocenters. The summed E-state index contributed by atoms with van der Waals surface area (Å²) in [6.07, 6.45) is 0. The fraction of sp³-hybridized carbons (Fsp3) is 0.0323. The molecule has 0 spiro atoms. The predicted molar refractivity (Wildman–Crippen MR) is 274 cm³/mol. The lowest BCUT2D eigenvalue weighted by atomic mass is 9.96. The number of fused-ring (bicyclic) bond motifs is 6. The zero-order valence-corrected chi connectivity index (χ0v) is 36.2. The number of aryl methyl sites for hydroxylation is 2. The van der Waals surface area contributed by atoms with Gasteiger partial charge >= 0.3 is 0 Å². The molecule has 0 bridgehead atoms. The molecular weight excluding hydrogens is 789 g/mol. The number of aromatic nitrogens is 1. The van der Waals surface area contributed by atoms with Crippen molar-refractivity contribution in [3.63, 3.8) is 0 Å². The number of para-hydroxylation sites is 4. The van der Waals surface area contributed by atoms with E-state index in [9.17, 15) is 0 Å². The van der Waals surface area contributed by atoms with E-state index in [4.69, 9.17) is 4.42 Å². The standard InChI is InChI=1S/C62H44N2O/c1-41-36-42(2)38-49(37-41)47-13-10-12-46(39-47)43-22-29-51(30-23-43)63(53-33-26-45(27-34-53)54-18-11-19-57-56-17-7-9-21-61(56)65-62(54)57)52-31-24-44(25-32-52)48-28-35-60-58(40-48)55-16-6-8-20-59(55)64(60)50-14-4-3-5-15-50/h3-40H,1-2H3. The second-order valence-electron chi connectivity index (χ2n) is 17.1. The first-order valence-electron chi connectivity index (χ1n) is 22.3. The number of rotatable bonds is 8. The van der Waals surface area contributed by atoms with Crippen molar-refractivity contribution < 1.29 is 4.42 Å². The van der Waals surface area contributed by atoms with Crippen LogP contribution in [0.1, 0.15) is 11.1 Å². The van der Waals surface area contributed by atoms with Crippen LogP contribution in [0.15, 0.2) is 235 Å². The lowest BCUT2D eigenvalue weighted by molar-refractivity contribution is 0.670. The average Bonchev–Trinajstić information content (AvgIpc) is 3.91. The lowest BCUT2D eigenvalue weighted by Gasteiger charge is -2.26. The average molecular weight is 833 g/mol. The Bertz CT molecular complexity index is 3690. The number of benzene rings is 10. The molecule has 0 N–H and O–H groups in total. The van der Waals surface area contributed by atoms with E-state index in [1.165, 1.54) is 66.3 Å². The third-order valence-corrected chi connectivity index (χ3v) is 12.9. The minimum Gasteiger partial charge on any atom is -0.455 e. The first kappa shape index (κ1) is 38.3. The highest BCUT2D eigenvalue weighted by Gasteiger charge is 2.18. The Kier molecular flexibility index (Phi) is 9.28. The maximum Gasteiger partial charge on any atom is 0.143 e. The molecule has 12 aromatic rings. The van der Waals surface area contributed by atoms with Crippen LogP contribution in [0.3, 0.4) is 0 Å². The van der Waals surface area contributed by atoms with Gasteiger partial charge < -0.3 is 13.9 Å². The zero-order chi connectivity index (χ0) is 43.4. The van der Waals surface area contributed by atoms with E-state index in [0.29, 0.717) is 0 Å². The van der Waals surface area contributed by atoms with E-state index in [1.54, 1.807) is 0 Å². The van der Waals surface area contributed by atoms with E-state index in [-0.39, 0.29) is 0 Å². The molecule has 0 aliphatic heterocycles. The second kappa shape index (κ2) is 15.7. The van der Waals surface area contributed by atoms with Gasteiger partial charge in [0.1, 0.15) is 11.2 Å². The van der Waals surface area contributed by atoms with Gasteiger partial charge in [-0.25, -0.2) is 0 Å². The Hall–Kier alpha value is -8.40. The highest BCUT2D eigenvalue weighted by molar-refractivity contribution is 6.11. The molecule has 0 aliphatic rings. The minimum absolute atomic E-state index is 0.903. The molecule has 0 unspecified atom stereocenters. The molecule has 0 saturated heterocycles. The summed E-state index contributed by atoms with van der Waals surface area (Å²) in [7, 11) is 0. The molecule has 10 aromatic carbocycles. The Morgan fingerprint density at radius 1 is 0.338 bits per heavy atom. The highest BCUT2D eigenvalue weighted by atomic mass is 16.3. The molecule has 0 aliphatic carbocycles. The molecule has 0 amide bonds. The van der Waals surface area contributed by atoms with Crippen molar-refractivity contribution in [2.75, 3.05) is 4.90 Å². The molecule has 2 aromatic heterocycles. The van der Waals surface area contributed by atoms with Crippen LogP contribution in [0.5, 0.6) is 0 Å². The van der Waals surface area contributed by atoms with Crippen LogP contribution in [0, 0.1) is 13.8 Å². The van der Waals surface area contributed by atoms with Crippen LogP contribution in [0.4, 0.5) is 17.1 Å². The fourth-order valence-corrected chi connectivity index (χ4v) is 9.85. The monoisotopic (exact) mass is 832 g/mol. The smallest absolute Gasteiger partial charge is 0.143 e. The van der Waals surface area contributed by atoms with Crippen LogP contribution in [-0.4, -0.2) is 4.57 Å². The summed E-state index contributed by atoms with van der Waals surface area (Å²) in [4.78, 5) is 2.35. The molecule has 0 radical (unpaired) electrons. The zero-order valence-electron chi connectivity index (χ0n) is 36.2. The summed E-state index contributed by atoms with van der Waals surface area (Å²) in [6.45, 7) is 4.33. The van der Waals surface area contributed by atoms with Crippen molar-refractivity contribution in [3.05, 3.63) is 242 Å². The number of hydrogen-bond donors (Lipinski definition) is 0. The van der Waals surface area contributed by atoms with Crippen LogP contribution in [-0.2, 0) is 0 Å². The molecule has 0 saturated carbocycles. The third-order valence-electron chi connectivity index (χ3n) is 12.9. The maximum absolute atomic E-state index is 6.45. The highest BCUT2D eigenvalue weighted by Crippen LogP contribution is 2.41. The van der Waals surface area contributed by atoms with Crippen molar-refractivity contribution >= 4 is 60.8 Å². The first-order chi connectivity index (χ1) is 32.0. The van der Waals surface area contributed by atoms with Crippen LogP contribution in [0.25, 0.3) is 93.9 Å². The molecule has 3 nitrogen and oxygen atoms in total. The Labute approximate surface area is 378 Å². The van der Waals surface area contributed by atoms with Crippen LogP contribution in [0.2, 0.25) is 0 Å². The molecule has 308 valence electrons. The largest absolute Gasteiger partial charge is 0.455 e. The van der Waals surface area contributed by atoms with E-state index < -0.39 is 0 Å². The van der Waals surface area contributed by atoms with Crippen LogP contribution < -0.4 is 4.90 Å². The molecule has 65 heavy (non-hydrogen) atoms. The summed E-state index contributed by atoms with van der Waals surface area (Å²) in [5.74, 6) is 0. The van der Waals surface area contributed by atoms with Crippen molar-refractivity contribution in [1.29, 1.82) is 0 Å². The summed E-state index contributed by atoms with van der Waals surface area (Å²) in [6, 6.07) is 83.4. The number of hydrogen-bond acceptors (Lipinski definition) is 2. The van der Waals surface area contributed by atoms with E-state index in [1.807, 2.05) is 12.1 Å². The molecule has 0 fully saturated rings. The quantitative estimate of drug-likeness (QED) is 0.152. The molecule has 3 heteroatoms. The number of nitrogens with zero attached hydrogens (tertiary/aromatic N) is 2. The van der Waals surface area contributed by atoms with Gasteiger partial charge in [-0.2, -0.15) is 0 Å². The summed E-state index contributed by atoms with van der Waals surface area (Å²) >= 11 is 0. The Balaban J connectivity index is 0.924. The van der Waals surface area contributed by atoms with Crippen molar-refractivity contribution in [1.82, 2.24) is 4.57 Å². The van der Waals surface area contributed by atoms with Gasteiger partial charge in [0.2, 0.25) is 0 Å². The van der Waals surface area contributed by atoms with Gasteiger partial charge in [0.15, 0.2) is 0 Å². The second-order valence-corrected chi connectivity index (χ2v) is 17.1. The molecular formula is C62H44N2O. The fourth-order valence-electron chi connectivity index (χ4n) is 9.85. The number of furan rings is 1. The van der Waals surface area contributed by atoms with E-state index in [0.717, 1.165) is 55.8 Å². The van der Waals surface area contributed by atoms with Gasteiger partial charge in [0.05, 0.1) is 11.0 Å². The predicted octanol–water partition coefficient (Wildman–Crippen LogP) is 17.4. The van der Waals surface area contributed by atoms with Crippen molar-refractivity contribution in [3.8, 4) is 50.2 Å².